The number of nitrogens with one attached hydrogen (secondary N) is 1. The fraction of sp³-hybridized carbons (Fsp3) is 0.632. The fourth-order valence-electron chi connectivity index (χ4n) is 4.30. The first-order chi connectivity index (χ1) is 11.8. The van der Waals surface area contributed by atoms with E-state index in [9.17, 15) is 4.79 Å². The van der Waals surface area contributed by atoms with Gasteiger partial charge in [-0.1, -0.05) is 30.3 Å². The van der Waals surface area contributed by atoms with Gasteiger partial charge in [0.2, 0.25) is 5.91 Å². The van der Waals surface area contributed by atoms with Gasteiger partial charge in [0.25, 0.3) is 0 Å². The largest absolute Gasteiger partial charge is 0.339 e. The fourth-order valence-corrected chi connectivity index (χ4v) is 5.23. The normalized spacial score (nSPS) is 27.0. The molecule has 0 aromatic heterocycles. The lowest BCUT2D eigenvalue weighted by atomic mass is 10.0. The summed E-state index contributed by atoms with van der Waals surface area (Å²) in [6.07, 6.45) is 3.59. The Hall–Kier alpha value is -0.460. The first-order valence-electron chi connectivity index (χ1n) is 9.23. The van der Waals surface area contributed by atoms with Gasteiger partial charge in [0, 0.05) is 49.8 Å². The van der Waals surface area contributed by atoms with Crippen LogP contribution < -0.4 is 5.32 Å². The van der Waals surface area contributed by atoms with E-state index in [1.165, 1.54) is 12.8 Å². The van der Waals surface area contributed by atoms with Gasteiger partial charge in [-0.15, -0.1) is 24.8 Å². The van der Waals surface area contributed by atoms with Crippen LogP contribution in [-0.4, -0.2) is 65.5 Å². The maximum absolute atomic E-state index is 13.5. The molecular weight excluding hydrogens is 389 g/mol. The van der Waals surface area contributed by atoms with Crippen LogP contribution in [0.1, 0.15) is 30.9 Å². The SMILES string of the molecule is Cl.Cl.O=C(C(c1ccccc1)N1CCSCC1)N1CCC2CCC(C1)N2. The molecule has 2 bridgehead atoms. The second kappa shape index (κ2) is 10.2. The van der Waals surface area contributed by atoms with Gasteiger partial charge in [-0.2, -0.15) is 11.8 Å². The molecular formula is C19H29Cl2N3OS. The molecule has 7 heteroatoms. The summed E-state index contributed by atoms with van der Waals surface area (Å²) in [5.41, 5.74) is 1.15. The molecule has 0 spiro atoms. The van der Waals surface area contributed by atoms with Crippen LogP contribution in [0.2, 0.25) is 0 Å². The number of likely N-dealkylation sites (tertiary alicyclic amines) is 1. The van der Waals surface area contributed by atoms with E-state index >= 15 is 0 Å². The smallest absolute Gasteiger partial charge is 0.244 e. The molecule has 1 aromatic rings. The van der Waals surface area contributed by atoms with Gasteiger partial charge in [0.1, 0.15) is 6.04 Å². The van der Waals surface area contributed by atoms with Gasteiger partial charge in [-0.3, -0.25) is 9.69 Å². The summed E-state index contributed by atoms with van der Waals surface area (Å²) in [7, 11) is 0. The second-order valence-electron chi connectivity index (χ2n) is 7.17. The van der Waals surface area contributed by atoms with Crippen LogP contribution in [0.15, 0.2) is 30.3 Å². The van der Waals surface area contributed by atoms with Crippen molar-refractivity contribution in [2.45, 2.75) is 37.4 Å². The Bertz CT molecular complexity index is 571. The summed E-state index contributed by atoms with van der Waals surface area (Å²) >= 11 is 2.00. The van der Waals surface area contributed by atoms with Gasteiger partial charge in [-0.05, 0) is 24.8 Å². The lowest BCUT2D eigenvalue weighted by Gasteiger charge is -2.37. The van der Waals surface area contributed by atoms with Gasteiger partial charge in [-0.25, -0.2) is 0 Å². The summed E-state index contributed by atoms with van der Waals surface area (Å²) in [5, 5.41) is 3.69. The maximum atomic E-state index is 13.5. The Morgan fingerprint density at radius 2 is 1.69 bits per heavy atom. The van der Waals surface area contributed by atoms with Crippen LogP contribution in [0.3, 0.4) is 0 Å². The van der Waals surface area contributed by atoms with Crippen LogP contribution in [0.5, 0.6) is 0 Å². The zero-order valence-corrected chi connectivity index (χ0v) is 17.5. The molecule has 3 heterocycles. The maximum Gasteiger partial charge on any atom is 0.244 e. The lowest BCUT2D eigenvalue weighted by molar-refractivity contribution is -0.137. The third kappa shape index (κ3) is 4.87. The Morgan fingerprint density at radius 1 is 1.00 bits per heavy atom. The van der Waals surface area contributed by atoms with Crippen LogP contribution in [-0.2, 0) is 4.79 Å². The monoisotopic (exact) mass is 417 g/mol. The van der Waals surface area contributed by atoms with Crippen molar-refractivity contribution in [2.75, 3.05) is 37.7 Å². The average molecular weight is 418 g/mol. The molecule has 146 valence electrons. The summed E-state index contributed by atoms with van der Waals surface area (Å²) in [4.78, 5) is 18.0. The summed E-state index contributed by atoms with van der Waals surface area (Å²) in [5.74, 6) is 2.56. The number of fused-ring (bicyclic) bond motifs is 2. The first kappa shape index (κ1) is 21.8. The molecule has 3 saturated heterocycles. The number of carbonyl (C=O) groups is 1. The predicted molar refractivity (Wildman–Crippen MR) is 114 cm³/mol. The molecule has 3 atom stereocenters. The number of carbonyl (C=O) groups excluding carboxylic acids is 1. The van der Waals surface area contributed by atoms with Crippen molar-refractivity contribution < 1.29 is 4.79 Å². The molecule has 4 nitrogen and oxygen atoms in total. The molecule has 3 aliphatic heterocycles. The number of hydrogen-bond donors (Lipinski definition) is 1. The average Bonchev–Trinajstić information content (AvgIpc) is 2.96. The molecule has 0 saturated carbocycles. The van der Waals surface area contributed by atoms with Gasteiger partial charge < -0.3 is 10.2 Å². The molecule has 26 heavy (non-hydrogen) atoms. The third-order valence-electron chi connectivity index (χ3n) is 5.59. The Kier molecular flexibility index (Phi) is 8.55. The predicted octanol–water partition coefficient (Wildman–Crippen LogP) is 2.97. The van der Waals surface area contributed by atoms with Crippen molar-refractivity contribution in [3.8, 4) is 0 Å². The van der Waals surface area contributed by atoms with E-state index < -0.39 is 0 Å². The number of rotatable bonds is 3. The van der Waals surface area contributed by atoms with Crippen LogP contribution in [0.4, 0.5) is 0 Å². The van der Waals surface area contributed by atoms with Crippen LogP contribution in [0.25, 0.3) is 0 Å². The minimum absolute atomic E-state index is 0. The van der Waals surface area contributed by atoms with Crippen molar-refractivity contribution in [1.82, 2.24) is 15.1 Å². The van der Waals surface area contributed by atoms with Crippen molar-refractivity contribution in [2.24, 2.45) is 0 Å². The van der Waals surface area contributed by atoms with Crippen LogP contribution in [0, 0.1) is 0 Å². The van der Waals surface area contributed by atoms with Crippen molar-refractivity contribution in [3.05, 3.63) is 35.9 Å². The highest BCUT2D eigenvalue weighted by atomic mass is 35.5. The van der Waals surface area contributed by atoms with Gasteiger partial charge >= 0.3 is 0 Å². The number of hydrogen-bond acceptors (Lipinski definition) is 4. The zero-order valence-electron chi connectivity index (χ0n) is 15.0. The molecule has 4 rings (SSSR count). The number of benzene rings is 1. The molecule has 1 amide bonds. The molecule has 3 unspecified atom stereocenters. The minimum Gasteiger partial charge on any atom is -0.339 e. The van der Waals surface area contributed by atoms with E-state index in [-0.39, 0.29) is 30.9 Å². The number of thioether (sulfide) groups is 1. The molecule has 1 N–H and O–H groups in total. The van der Waals surface area contributed by atoms with Crippen molar-refractivity contribution in [3.63, 3.8) is 0 Å². The van der Waals surface area contributed by atoms with Crippen LogP contribution >= 0.6 is 36.6 Å². The van der Waals surface area contributed by atoms with Crippen molar-refractivity contribution in [1.29, 1.82) is 0 Å². The third-order valence-corrected chi connectivity index (χ3v) is 6.54. The van der Waals surface area contributed by atoms with E-state index in [4.69, 9.17) is 0 Å². The zero-order chi connectivity index (χ0) is 16.4. The molecule has 1 aromatic carbocycles. The Morgan fingerprint density at radius 3 is 2.42 bits per heavy atom. The van der Waals surface area contributed by atoms with E-state index in [0.717, 1.165) is 49.7 Å². The number of halogens is 2. The lowest BCUT2D eigenvalue weighted by Crippen LogP contribution is -2.48. The second-order valence-corrected chi connectivity index (χ2v) is 8.40. The van der Waals surface area contributed by atoms with Crippen molar-refractivity contribution >= 4 is 42.5 Å². The minimum atomic E-state index is -0.108. The molecule has 3 fully saturated rings. The molecule has 3 aliphatic rings. The highest BCUT2D eigenvalue weighted by molar-refractivity contribution is 7.99. The molecule has 0 aliphatic carbocycles. The summed E-state index contributed by atoms with van der Waals surface area (Å²) in [6, 6.07) is 11.4. The summed E-state index contributed by atoms with van der Waals surface area (Å²) < 4.78 is 0. The van der Waals surface area contributed by atoms with E-state index in [0.29, 0.717) is 18.0 Å². The quantitative estimate of drug-likeness (QED) is 0.819. The summed E-state index contributed by atoms with van der Waals surface area (Å²) in [6.45, 7) is 3.79. The van der Waals surface area contributed by atoms with Gasteiger partial charge in [0.05, 0.1) is 0 Å². The van der Waals surface area contributed by atoms with E-state index in [1.54, 1.807) is 0 Å². The van der Waals surface area contributed by atoms with E-state index in [1.807, 2.05) is 17.8 Å². The molecule has 0 radical (unpaired) electrons. The Balaban J connectivity index is 0.00000121. The Labute approximate surface area is 173 Å². The first-order valence-corrected chi connectivity index (χ1v) is 10.4. The highest BCUT2D eigenvalue weighted by Crippen LogP contribution is 2.28. The highest BCUT2D eigenvalue weighted by Gasteiger charge is 2.36. The number of amides is 1. The van der Waals surface area contributed by atoms with E-state index in [2.05, 4.69) is 39.4 Å². The topological polar surface area (TPSA) is 35.6 Å². The van der Waals surface area contributed by atoms with Gasteiger partial charge in [0.15, 0.2) is 0 Å². The standard InChI is InChI=1S/C19H27N3OS.2ClH/c23-19(22-9-8-16-6-7-17(14-22)20-16)18(15-4-2-1-3-5-15)21-10-12-24-13-11-21;;/h1-5,16-18,20H,6-14H2;2*1H. The number of nitrogens with zero attached hydrogens (tertiary/aromatic N) is 2.